The minimum atomic E-state index is -1.47. The Morgan fingerprint density at radius 2 is 1.97 bits per heavy atom. The topological polar surface area (TPSA) is 153 Å². The maximum atomic E-state index is 12.9. The largest absolute Gasteiger partial charge is 0.497 e. The van der Waals surface area contributed by atoms with E-state index < -0.39 is 17.5 Å². The number of carbonyl (C=O) groups is 3. The molecule has 35 heavy (non-hydrogen) atoms. The van der Waals surface area contributed by atoms with Crippen molar-refractivity contribution in [1.82, 2.24) is 25.7 Å². The van der Waals surface area contributed by atoms with Crippen molar-refractivity contribution >= 4 is 23.9 Å². The van der Waals surface area contributed by atoms with Crippen LogP contribution in [0.1, 0.15) is 27.9 Å². The number of fused-ring (bicyclic) bond motifs is 1. The van der Waals surface area contributed by atoms with E-state index in [2.05, 4.69) is 32.7 Å². The Bertz CT molecular complexity index is 1400. The van der Waals surface area contributed by atoms with Gasteiger partial charge in [-0.3, -0.25) is 14.9 Å². The van der Waals surface area contributed by atoms with E-state index in [0.29, 0.717) is 29.0 Å². The molecular weight excluding hydrogens is 452 g/mol. The van der Waals surface area contributed by atoms with E-state index in [9.17, 15) is 14.4 Å². The predicted octanol–water partition coefficient (Wildman–Crippen LogP) is 1.30. The van der Waals surface area contributed by atoms with Crippen molar-refractivity contribution in [2.75, 3.05) is 19.4 Å². The first-order valence-electron chi connectivity index (χ1n) is 10.7. The summed E-state index contributed by atoms with van der Waals surface area (Å²) in [5, 5.41) is 12.3. The zero-order chi connectivity index (χ0) is 24.6. The number of methoxy groups -OCH3 is 1. The summed E-state index contributed by atoms with van der Waals surface area (Å²) in [6, 6.07) is 11.6. The Labute approximate surface area is 199 Å². The number of urea groups is 1. The lowest BCUT2D eigenvalue weighted by atomic mass is 9.95. The van der Waals surface area contributed by atoms with Crippen LogP contribution in [0.3, 0.4) is 0 Å². The first-order chi connectivity index (χ1) is 16.9. The third-order valence-electron chi connectivity index (χ3n) is 5.89. The van der Waals surface area contributed by atoms with Gasteiger partial charge in [0.15, 0.2) is 5.54 Å². The molecule has 11 nitrogen and oxygen atoms in total. The van der Waals surface area contributed by atoms with Crippen LogP contribution in [0.25, 0.3) is 11.5 Å². The van der Waals surface area contributed by atoms with Crippen LogP contribution in [0.5, 0.6) is 5.75 Å². The van der Waals surface area contributed by atoms with Gasteiger partial charge in [0.25, 0.3) is 11.8 Å². The SMILES string of the molecule is COc1ccc2c(c1)C(=O)N(CCC1(C#Cc3ccc(-c4nnc(N)o4)cc3)NC(=O)NC1=O)C2. The normalized spacial score (nSPS) is 18.5. The number of benzene rings is 2. The highest BCUT2D eigenvalue weighted by Gasteiger charge is 2.45. The van der Waals surface area contributed by atoms with Crippen molar-refractivity contribution in [3.05, 3.63) is 59.2 Å². The molecule has 11 heteroatoms. The molecule has 4 amide bonds. The maximum absolute atomic E-state index is 12.9. The van der Waals surface area contributed by atoms with Gasteiger partial charge in [0.1, 0.15) is 5.75 Å². The van der Waals surface area contributed by atoms with E-state index in [0.717, 1.165) is 5.56 Å². The monoisotopic (exact) mass is 472 g/mol. The number of nitrogens with one attached hydrogen (secondary N) is 2. The summed E-state index contributed by atoms with van der Waals surface area (Å²) in [5.74, 6) is 6.00. The lowest BCUT2D eigenvalue weighted by Gasteiger charge is -2.23. The van der Waals surface area contributed by atoms with Crippen molar-refractivity contribution in [3.63, 3.8) is 0 Å². The summed E-state index contributed by atoms with van der Waals surface area (Å²) in [4.78, 5) is 39.1. The lowest BCUT2D eigenvalue weighted by molar-refractivity contribution is -0.122. The fraction of sp³-hybridized carbons (Fsp3) is 0.208. The number of anilines is 1. The van der Waals surface area contributed by atoms with Gasteiger partial charge in [0.2, 0.25) is 5.89 Å². The number of nitrogens with two attached hydrogens (primary N) is 1. The summed E-state index contributed by atoms with van der Waals surface area (Å²) < 4.78 is 10.4. The highest BCUT2D eigenvalue weighted by atomic mass is 16.5. The van der Waals surface area contributed by atoms with Crippen LogP contribution in [-0.2, 0) is 11.3 Å². The quantitative estimate of drug-likeness (QED) is 0.371. The number of carbonyl (C=O) groups excluding carboxylic acids is 3. The van der Waals surface area contributed by atoms with Crippen molar-refractivity contribution in [2.45, 2.75) is 18.5 Å². The number of rotatable bonds is 5. The van der Waals surface area contributed by atoms with Gasteiger partial charge in [-0.25, -0.2) is 4.79 Å². The Balaban J connectivity index is 1.34. The van der Waals surface area contributed by atoms with Crippen LogP contribution in [0.4, 0.5) is 10.8 Å². The first kappa shape index (κ1) is 22.0. The van der Waals surface area contributed by atoms with Crippen molar-refractivity contribution in [1.29, 1.82) is 0 Å². The Morgan fingerprint density at radius 1 is 1.17 bits per heavy atom. The molecule has 1 atom stereocenters. The van der Waals surface area contributed by atoms with Crippen molar-refractivity contribution < 1.29 is 23.5 Å². The molecule has 0 bridgehead atoms. The zero-order valence-electron chi connectivity index (χ0n) is 18.6. The fourth-order valence-electron chi connectivity index (χ4n) is 3.99. The van der Waals surface area contributed by atoms with Crippen LogP contribution in [0.15, 0.2) is 46.9 Å². The highest BCUT2D eigenvalue weighted by molar-refractivity contribution is 6.09. The number of imide groups is 1. The molecule has 1 aromatic heterocycles. The molecule has 4 N–H and O–H groups in total. The standard InChI is InChI=1S/C24H20N6O5/c1-34-17-7-6-16-13-30(20(31)18(16)12-17)11-10-24(21(32)26-23(33)27-24)9-8-14-2-4-15(5-3-14)19-28-29-22(25)35-19/h2-7,12H,10-11,13H2,1H3,(H2,25,29)(H2,26,27,32,33). The Kier molecular flexibility index (Phi) is 5.33. The van der Waals surface area contributed by atoms with Crippen molar-refractivity contribution in [2.24, 2.45) is 0 Å². The van der Waals surface area contributed by atoms with E-state index in [-0.39, 0.29) is 30.8 Å². The van der Waals surface area contributed by atoms with Crippen LogP contribution in [0.2, 0.25) is 0 Å². The molecule has 1 saturated heterocycles. The number of hydrogen-bond donors (Lipinski definition) is 3. The molecule has 1 unspecified atom stereocenters. The summed E-state index contributed by atoms with van der Waals surface area (Å²) in [5.41, 5.74) is 6.69. The molecule has 2 aliphatic rings. The number of hydrogen-bond acceptors (Lipinski definition) is 8. The fourth-order valence-corrected chi connectivity index (χ4v) is 3.99. The minimum absolute atomic E-state index is 0.0347. The number of ether oxygens (including phenoxy) is 1. The molecule has 176 valence electrons. The number of nitrogens with zero attached hydrogens (tertiary/aromatic N) is 3. The number of nitrogen functional groups attached to an aromatic ring is 1. The van der Waals surface area contributed by atoms with E-state index in [1.807, 2.05) is 6.07 Å². The molecular formula is C24H20N6O5. The van der Waals surface area contributed by atoms with E-state index in [4.69, 9.17) is 14.9 Å². The average Bonchev–Trinajstić information content (AvgIpc) is 3.52. The second-order valence-corrected chi connectivity index (χ2v) is 8.09. The molecule has 0 radical (unpaired) electrons. The average molecular weight is 472 g/mol. The predicted molar refractivity (Wildman–Crippen MR) is 123 cm³/mol. The first-order valence-corrected chi connectivity index (χ1v) is 10.7. The van der Waals surface area contributed by atoms with Gasteiger partial charge in [0.05, 0.1) is 7.11 Å². The second kappa shape index (κ2) is 8.49. The number of aromatic nitrogens is 2. The molecule has 0 aliphatic carbocycles. The van der Waals surface area contributed by atoms with E-state index >= 15 is 0 Å². The molecule has 5 rings (SSSR count). The summed E-state index contributed by atoms with van der Waals surface area (Å²) in [6.45, 7) is 0.620. The van der Waals surface area contributed by atoms with Gasteiger partial charge in [-0.2, -0.15) is 0 Å². The second-order valence-electron chi connectivity index (χ2n) is 8.09. The molecule has 0 saturated carbocycles. The summed E-state index contributed by atoms with van der Waals surface area (Å²) >= 11 is 0. The Hall–Kier alpha value is -4.85. The molecule has 2 aliphatic heterocycles. The molecule has 2 aromatic carbocycles. The van der Waals surface area contributed by atoms with Crippen LogP contribution >= 0.6 is 0 Å². The molecule has 1 fully saturated rings. The zero-order valence-corrected chi connectivity index (χ0v) is 18.6. The van der Waals surface area contributed by atoms with Crippen LogP contribution in [0, 0.1) is 11.8 Å². The Morgan fingerprint density at radius 3 is 2.63 bits per heavy atom. The molecule has 3 heterocycles. The smallest absolute Gasteiger partial charge is 0.323 e. The minimum Gasteiger partial charge on any atom is -0.497 e. The van der Waals surface area contributed by atoms with Gasteiger partial charge in [0, 0.05) is 36.2 Å². The van der Waals surface area contributed by atoms with Gasteiger partial charge in [-0.1, -0.05) is 23.0 Å². The van der Waals surface area contributed by atoms with Crippen LogP contribution < -0.4 is 21.1 Å². The maximum Gasteiger partial charge on any atom is 0.323 e. The molecule has 3 aromatic rings. The van der Waals surface area contributed by atoms with Gasteiger partial charge < -0.3 is 25.1 Å². The highest BCUT2D eigenvalue weighted by Crippen LogP contribution is 2.28. The van der Waals surface area contributed by atoms with E-state index in [1.54, 1.807) is 41.3 Å². The lowest BCUT2D eigenvalue weighted by Crippen LogP contribution is -2.48. The number of amides is 4. The molecule has 0 spiro atoms. The summed E-state index contributed by atoms with van der Waals surface area (Å²) in [7, 11) is 1.54. The third kappa shape index (κ3) is 4.13. The van der Waals surface area contributed by atoms with Crippen LogP contribution in [-0.4, -0.2) is 52.1 Å². The third-order valence-corrected chi connectivity index (χ3v) is 5.89. The van der Waals surface area contributed by atoms with E-state index in [1.165, 1.54) is 7.11 Å². The summed E-state index contributed by atoms with van der Waals surface area (Å²) in [6.07, 6.45) is 0.119. The van der Waals surface area contributed by atoms with Crippen molar-refractivity contribution in [3.8, 4) is 29.0 Å². The van der Waals surface area contributed by atoms with Gasteiger partial charge >= 0.3 is 12.0 Å². The van der Waals surface area contributed by atoms with Gasteiger partial charge in [-0.15, -0.1) is 5.10 Å². The van der Waals surface area contributed by atoms with Gasteiger partial charge in [-0.05, 0) is 42.0 Å².